The lowest BCUT2D eigenvalue weighted by atomic mass is 10.3. The zero-order valence-corrected chi connectivity index (χ0v) is 15.5. The molecule has 5 nitrogen and oxygen atoms in total. The van der Waals surface area contributed by atoms with Gasteiger partial charge in [0.2, 0.25) is 0 Å². The number of halogens is 1. The predicted molar refractivity (Wildman–Crippen MR) is 96.7 cm³/mol. The highest BCUT2D eigenvalue weighted by atomic mass is 32.2. The summed E-state index contributed by atoms with van der Waals surface area (Å²) in [6.45, 7) is 0.560. The van der Waals surface area contributed by atoms with Crippen molar-refractivity contribution in [2.75, 3.05) is 6.26 Å². The first-order valence-electron chi connectivity index (χ1n) is 7.65. The Morgan fingerprint density at radius 1 is 0.962 bits per heavy atom. The summed E-state index contributed by atoms with van der Waals surface area (Å²) in [5.41, 5.74) is 0.750. The van der Waals surface area contributed by atoms with Crippen molar-refractivity contribution in [3.8, 4) is 11.5 Å². The molecule has 0 aliphatic heterocycles. The van der Waals surface area contributed by atoms with Crippen LogP contribution in [0, 0.1) is 5.82 Å². The summed E-state index contributed by atoms with van der Waals surface area (Å²) < 4.78 is 46.9. The van der Waals surface area contributed by atoms with Crippen LogP contribution in [0.15, 0.2) is 58.8 Å². The summed E-state index contributed by atoms with van der Waals surface area (Å²) in [6.07, 6.45) is 1.16. The van der Waals surface area contributed by atoms with E-state index >= 15 is 0 Å². The van der Waals surface area contributed by atoms with Gasteiger partial charge in [0.1, 0.15) is 35.5 Å². The van der Waals surface area contributed by atoms with Crippen LogP contribution in [-0.2, 0) is 23.1 Å². The fraction of sp³-hybridized carbons (Fsp3) is 0.167. The van der Waals surface area contributed by atoms with Crippen molar-refractivity contribution < 1.29 is 22.3 Å². The van der Waals surface area contributed by atoms with Gasteiger partial charge in [-0.05, 0) is 48.5 Å². The number of aromatic nitrogens is 1. The number of rotatable bonds is 7. The molecule has 0 bridgehead atoms. The molecule has 0 amide bonds. The van der Waals surface area contributed by atoms with Gasteiger partial charge in [0, 0.05) is 11.6 Å². The van der Waals surface area contributed by atoms with Crippen LogP contribution in [0.1, 0.15) is 10.7 Å². The Kier molecular flexibility index (Phi) is 5.53. The first-order valence-corrected chi connectivity index (χ1v) is 10.4. The van der Waals surface area contributed by atoms with E-state index in [1.165, 1.54) is 35.6 Å². The normalized spacial score (nSPS) is 11.3. The lowest BCUT2D eigenvalue weighted by molar-refractivity contribution is 0.294. The molecular formula is C18H16FNO4S2. The van der Waals surface area contributed by atoms with Crippen molar-refractivity contribution in [1.82, 2.24) is 4.98 Å². The Labute approximate surface area is 155 Å². The van der Waals surface area contributed by atoms with Crippen LogP contribution in [0.5, 0.6) is 11.5 Å². The Morgan fingerprint density at radius 2 is 1.54 bits per heavy atom. The van der Waals surface area contributed by atoms with E-state index in [1.807, 2.05) is 5.38 Å². The molecule has 3 aromatic rings. The summed E-state index contributed by atoms with van der Waals surface area (Å²) in [6, 6.07) is 12.0. The second-order valence-electron chi connectivity index (χ2n) is 5.51. The third-order valence-electron chi connectivity index (χ3n) is 3.41. The van der Waals surface area contributed by atoms with E-state index in [9.17, 15) is 12.8 Å². The molecule has 26 heavy (non-hydrogen) atoms. The molecule has 0 fully saturated rings. The highest BCUT2D eigenvalue weighted by Crippen LogP contribution is 2.19. The van der Waals surface area contributed by atoms with E-state index in [1.54, 1.807) is 24.3 Å². The Bertz CT molecular complexity index is 967. The van der Waals surface area contributed by atoms with Crippen LogP contribution in [0.2, 0.25) is 0 Å². The monoisotopic (exact) mass is 393 g/mol. The molecule has 0 unspecified atom stereocenters. The predicted octanol–water partition coefficient (Wildman–Crippen LogP) is 3.84. The maximum absolute atomic E-state index is 12.8. The minimum absolute atomic E-state index is 0.249. The second kappa shape index (κ2) is 7.84. The summed E-state index contributed by atoms with van der Waals surface area (Å²) in [4.78, 5) is 4.66. The number of ether oxygens (including phenoxy) is 2. The zero-order valence-electron chi connectivity index (χ0n) is 13.9. The number of hydrogen-bond acceptors (Lipinski definition) is 6. The molecule has 0 aliphatic rings. The topological polar surface area (TPSA) is 65.5 Å². The summed E-state index contributed by atoms with van der Waals surface area (Å²) in [7, 11) is -3.22. The minimum atomic E-state index is -3.22. The van der Waals surface area contributed by atoms with Crippen LogP contribution in [0.4, 0.5) is 4.39 Å². The fourth-order valence-electron chi connectivity index (χ4n) is 2.10. The van der Waals surface area contributed by atoms with E-state index < -0.39 is 9.84 Å². The number of sulfone groups is 1. The molecule has 0 radical (unpaired) electrons. The number of nitrogens with zero attached hydrogens (tertiary/aromatic N) is 1. The fourth-order valence-corrected chi connectivity index (χ4v) is 3.42. The van der Waals surface area contributed by atoms with Crippen LogP contribution in [-0.4, -0.2) is 19.7 Å². The van der Waals surface area contributed by atoms with Crippen molar-refractivity contribution in [3.05, 3.63) is 70.4 Å². The molecule has 2 aromatic carbocycles. The first-order chi connectivity index (χ1) is 12.4. The standard InChI is InChI=1S/C18H16FNO4S2/c1-26(21,22)17-8-6-16(7-9-17)23-10-14-12-25-18(20-14)11-24-15-4-2-13(19)3-5-15/h2-9,12H,10-11H2,1H3. The maximum Gasteiger partial charge on any atom is 0.175 e. The van der Waals surface area contributed by atoms with E-state index in [0.29, 0.717) is 18.1 Å². The van der Waals surface area contributed by atoms with Crippen molar-refractivity contribution in [2.45, 2.75) is 18.1 Å². The van der Waals surface area contributed by atoms with Crippen molar-refractivity contribution >= 4 is 21.2 Å². The van der Waals surface area contributed by atoms with Crippen LogP contribution in [0.25, 0.3) is 0 Å². The number of hydrogen-bond donors (Lipinski definition) is 0. The maximum atomic E-state index is 12.8. The SMILES string of the molecule is CS(=O)(=O)c1ccc(OCc2csc(COc3ccc(F)cc3)n2)cc1. The molecule has 0 saturated carbocycles. The van der Waals surface area contributed by atoms with Crippen LogP contribution < -0.4 is 9.47 Å². The first kappa shape index (κ1) is 18.3. The van der Waals surface area contributed by atoms with Crippen LogP contribution in [0.3, 0.4) is 0 Å². The lowest BCUT2D eigenvalue weighted by Gasteiger charge is -2.05. The Hall–Kier alpha value is -2.45. The van der Waals surface area contributed by atoms with Gasteiger partial charge >= 0.3 is 0 Å². The molecule has 8 heteroatoms. The van der Waals surface area contributed by atoms with E-state index in [-0.39, 0.29) is 17.3 Å². The van der Waals surface area contributed by atoms with Crippen molar-refractivity contribution in [1.29, 1.82) is 0 Å². The highest BCUT2D eigenvalue weighted by molar-refractivity contribution is 7.90. The van der Waals surface area contributed by atoms with E-state index in [4.69, 9.17) is 9.47 Å². The van der Waals surface area contributed by atoms with Gasteiger partial charge in [-0.2, -0.15) is 0 Å². The smallest absolute Gasteiger partial charge is 0.175 e. The van der Waals surface area contributed by atoms with Crippen molar-refractivity contribution in [3.63, 3.8) is 0 Å². The molecule has 1 aromatic heterocycles. The van der Waals surface area contributed by atoms with Gasteiger partial charge < -0.3 is 9.47 Å². The molecule has 0 atom stereocenters. The molecule has 1 heterocycles. The molecule has 0 spiro atoms. The summed E-state index contributed by atoms with van der Waals surface area (Å²) in [5, 5.41) is 2.65. The summed E-state index contributed by atoms with van der Waals surface area (Å²) >= 11 is 1.44. The second-order valence-corrected chi connectivity index (χ2v) is 8.47. The van der Waals surface area contributed by atoms with E-state index in [0.717, 1.165) is 17.0 Å². The zero-order chi connectivity index (χ0) is 18.6. The molecule has 0 aliphatic carbocycles. The molecule has 0 saturated heterocycles. The van der Waals surface area contributed by atoms with Gasteiger partial charge in [0.05, 0.1) is 10.6 Å². The van der Waals surface area contributed by atoms with Gasteiger partial charge in [0.25, 0.3) is 0 Å². The third kappa shape index (κ3) is 5.03. The highest BCUT2D eigenvalue weighted by Gasteiger charge is 2.08. The molecule has 3 rings (SSSR count). The molecular weight excluding hydrogens is 377 g/mol. The number of benzene rings is 2. The van der Waals surface area contributed by atoms with Crippen molar-refractivity contribution in [2.24, 2.45) is 0 Å². The number of thiazole rings is 1. The third-order valence-corrected chi connectivity index (χ3v) is 5.41. The Morgan fingerprint density at radius 3 is 2.15 bits per heavy atom. The average Bonchev–Trinajstić information content (AvgIpc) is 3.07. The van der Waals surface area contributed by atoms with Crippen LogP contribution >= 0.6 is 11.3 Å². The largest absolute Gasteiger partial charge is 0.487 e. The summed E-state index contributed by atoms with van der Waals surface area (Å²) in [5.74, 6) is 0.829. The van der Waals surface area contributed by atoms with Gasteiger partial charge in [0.15, 0.2) is 9.84 Å². The van der Waals surface area contributed by atoms with Gasteiger partial charge in [-0.3, -0.25) is 0 Å². The average molecular weight is 393 g/mol. The molecule has 136 valence electrons. The minimum Gasteiger partial charge on any atom is -0.487 e. The van der Waals surface area contributed by atoms with Gasteiger partial charge in [-0.25, -0.2) is 17.8 Å². The van der Waals surface area contributed by atoms with Gasteiger partial charge in [-0.1, -0.05) is 0 Å². The van der Waals surface area contributed by atoms with Gasteiger partial charge in [-0.15, -0.1) is 11.3 Å². The Balaban J connectivity index is 1.52. The lowest BCUT2D eigenvalue weighted by Crippen LogP contribution is -1.99. The van der Waals surface area contributed by atoms with E-state index in [2.05, 4.69) is 4.98 Å². The quantitative estimate of drug-likeness (QED) is 0.610. The molecule has 0 N–H and O–H groups in total.